The van der Waals surface area contributed by atoms with E-state index in [0.29, 0.717) is 26.7 Å². The first kappa shape index (κ1) is 17.8. The second-order valence-electron chi connectivity index (χ2n) is 5.60. The number of nitrogens with zero attached hydrogens (tertiary/aromatic N) is 1. The molecule has 1 aromatic heterocycles. The summed E-state index contributed by atoms with van der Waals surface area (Å²) < 4.78 is 13.4. The number of hydrogen-bond acceptors (Lipinski definition) is 4. The van der Waals surface area contributed by atoms with Crippen molar-refractivity contribution in [2.45, 2.75) is 13.0 Å². The number of carbonyl (C=O) groups is 2. The quantitative estimate of drug-likeness (QED) is 0.716. The van der Waals surface area contributed by atoms with Gasteiger partial charge in [0.1, 0.15) is 15.7 Å². The highest BCUT2D eigenvalue weighted by Crippen LogP contribution is 2.28. The molecule has 0 unspecified atom stereocenters. The fourth-order valence-corrected chi connectivity index (χ4v) is 3.45. The van der Waals surface area contributed by atoms with E-state index in [1.54, 1.807) is 49.4 Å². The molecule has 5 nitrogen and oxygen atoms in total. The third-order valence-corrected chi connectivity index (χ3v) is 4.93. The van der Waals surface area contributed by atoms with Crippen LogP contribution >= 0.6 is 11.3 Å². The summed E-state index contributed by atoms with van der Waals surface area (Å²) >= 11 is 1.10. The summed E-state index contributed by atoms with van der Waals surface area (Å²) in [4.78, 5) is 28.7. The Morgan fingerprint density at radius 1 is 1.15 bits per heavy atom. The highest BCUT2D eigenvalue weighted by molar-refractivity contribution is 7.17. The molecule has 0 bridgehead atoms. The van der Waals surface area contributed by atoms with Crippen molar-refractivity contribution in [3.8, 4) is 10.6 Å². The number of thiazole rings is 1. The molecule has 2 aromatic carbocycles. The minimum atomic E-state index is -1.16. The summed E-state index contributed by atoms with van der Waals surface area (Å²) in [7, 11) is 0. The molecular formula is C19H15FN2O3S. The Hall–Kier alpha value is -3.06. The van der Waals surface area contributed by atoms with E-state index in [-0.39, 0.29) is 0 Å². The Bertz CT molecular complexity index is 956. The van der Waals surface area contributed by atoms with Gasteiger partial charge in [0.2, 0.25) is 0 Å². The molecule has 0 aliphatic carbocycles. The van der Waals surface area contributed by atoms with Crippen molar-refractivity contribution < 1.29 is 19.1 Å². The second-order valence-corrected chi connectivity index (χ2v) is 6.60. The smallest absolute Gasteiger partial charge is 0.330 e. The maximum absolute atomic E-state index is 13.4. The van der Waals surface area contributed by atoms with Crippen molar-refractivity contribution in [2.75, 3.05) is 0 Å². The summed E-state index contributed by atoms with van der Waals surface area (Å²) in [6, 6.07) is 13.2. The normalized spacial score (nSPS) is 11.8. The number of nitrogens with one attached hydrogen (secondary N) is 1. The molecule has 132 valence electrons. The molecule has 7 heteroatoms. The lowest BCUT2D eigenvalue weighted by Gasteiger charge is -2.14. The Balaban J connectivity index is 1.87. The van der Waals surface area contributed by atoms with Crippen molar-refractivity contribution in [3.05, 3.63) is 76.5 Å². The molecule has 0 aliphatic rings. The lowest BCUT2D eigenvalue weighted by atomic mass is 10.1. The first-order valence-electron chi connectivity index (χ1n) is 7.77. The van der Waals surface area contributed by atoms with Crippen LogP contribution in [0.1, 0.15) is 27.0 Å². The lowest BCUT2D eigenvalue weighted by molar-refractivity contribution is -0.139. The van der Waals surface area contributed by atoms with Crippen molar-refractivity contribution in [1.29, 1.82) is 0 Å². The SMILES string of the molecule is Cc1nc(-c2cccc(F)c2)sc1C(=O)N[C@@H](C(=O)O)c1ccccc1. The average Bonchev–Trinajstić information content (AvgIpc) is 3.02. The fraction of sp³-hybridized carbons (Fsp3) is 0.105. The van der Waals surface area contributed by atoms with Crippen LogP contribution in [0, 0.1) is 12.7 Å². The van der Waals surface area contributed by atoms with Gasteiger partial charge in [-0.05, 0) is 24.6 Å². The van der Waals surface area contributed by atoms with Crippen LogP contribution in [0.25, 0.3) is 10.6 Å². The minimum absolute atomic E-state index is 0.298. The van der Waals surface area contributed by atoms with Crippen LogP contribution in [-0.4, -0.2) is 22.0 Å². The highest BCUT2D eigenvalue weighted by atomic mass is 32.1. The molecule has 3 aromatic rings. The van der Waals surface area contributed by atoms with Gasteiger partial charge in [-0.15, -0.1) is 11.3 Å². The topological polar surface area (TPSA) is 79.3 Å². The lowest BCUT2D eigenvalue weighted by Crippen LogP contribution is -2.33. The van der Waals surface area contributed by atoms with Crippen molar-refractivity contribution in [2.24, 2.45) is 0 Å². The van der Waals surface area contributed by atoms with E-state index in [2.05, 4.69) is 10.3 Å². The number of aromatic nitrogens is 1. The fourth-order valence-electron chi connectivity index (χ4n) is 2.48. The van der Waals surface area contributed by atoms with Crippen LogP contribution in [0.4, 0.5) is 4.39 Å². The maximum atomic E-state index is 13.4. The predicted molar refractivity (Wildman–Crippen MR) is 96.5 cm³/mol. The number of aliphatic carboxylic acids is 1. The van der Waals surface area contributed by atoms with Gasteiger partial charge in [0.15, 0.2) is 6.04 Å². The van der Waals surface area contributed by atoms with Gasteiger partial charge < -0.3 is 10.4 Å². The van der Waals surface area contributed by atoms with Crippen molar-refractivity contribution in [1.82, 2.24) is 10.3 Å². The van der Waals surface area contributed by atoms with Crippen LogP contribution in [0.3, 0.4) is 0 Å². The summed E-state index contributed by atoms with van der Waals surface area (Å²) in [5.74, 6) is -2.08. The van der Waals surface area contributed by atoms with Gasteiger partial charge in [-0.1, -0.05) is 42.5 Å². The zero-order chi connectivity index (χ0) is 18.7. The Morgan fingerprint density at radius 2 is 1.88 bits per heavy atom. The maximum Gasteiger partial charge on any atom is 0.330 e. The number of halogens is 1. The molecule has 1 atom stereocenters. The molecule has 1 heterocycles. The summed E-state index contributed by atoms with van der Waals surface area (Å²) in [5, 5.41) is 12.5. The van der Waals surface area contributed by atoms with E-state index >= 15 is 0 Å². The van der Waals surface area contributed by atoms with E-state index < -0.39 is 23.7 Å². The number of carboxylic acid groups (broad SMARTS) is 1. The molecule has 0 radical (unpaired) electrons. The molecule has 0 saturated carbocycles. The van der Waals surface area contributed by atoms with Gasteiger partial charge in [-0.3, -0.25) is 4.79 Å². The number of aryl methyl sites for hydroxylation is 1. The van der Waals surface area contributed by atoms with Gasteiger partial charge in [-0.2, -0.15) is 0 Å². The monoisotopic (exact) mass is 370 g/mol. The molecule has 0 aliphatic heterocycles. The summed E-state index contributed by atoms with van der Waals surface area (Å²) in [5.41, 5.74) is 1.50. The van der Waals surface area contributed by atoms with Crippen LogP contribution in [-0.2, 0) is 4.79 Å². The van der Waals surface area contributed by atoms with Gasteiger partial charge >= 0.3 is 5.97 Å². The largest absolute Gasteiger partial charge is 0.479 e. The first-order chi connectivity index (χ1) is 12.5. The Morgan fingerprint density at radius 3 is 2.54 bits per heavy atom. The summed E-state index contributed by atoms with van der Waals surface area (Å²) in [6.07, 6.45) is 0. The van der Waals surface area contributed by atoms with Gasteiger partial charge in [-0.25, -0.2) is 14.2 Å². The van der Waals surface area contributed by atoms with Gasteiger partial charge in [0.25, 0.3) is 5.91 Å². The Kier molecular flexibility index (Phi) is 5.09. The number of amides is 1. The number of benzene rings is 2. The number of carbonyl (C=O) groups excluding carboxylic acids is 1. The first-order valence-corrected chi connectivity index (χ1v) is 8.59. The van der Waals surface area contributed by atoms with Crippen LogP contribution in [0.2, 0.25) is 0 Å². The average molecular weight is 370 g/mol. The minimum Gasteiger partial charge on any atom is -0.479 e. The molecule has 3 rings (SSSR count). The molecule has 1 amide bonds. The number of rotatable bonds is 5. The third-order valence-electron chi connectivity index (χ3n) is 3.73. The third kappa shape index (κ3) is 3.78. The van der Waals surface area contributed by atoms with E-state index in [4.69, 9.17) is 0 Å². The highest BCUT2D eigenvalue weighted by Gasteiger charge is 2.25. The zero-order valence-electron chi connectivity index (χ0n) is 13.8. The van der Waals surface area contributed by atoms with Crippen molar-refractivity contribution >= 4 is 23.2 Å². The number of hydrogen-bond donors (Lipinski definition) is 2. The number of carboxylic acids is 1. The Labute approximate surface area is 153 Å². The van der Waals surface area contributed by atoms with Gasteiger partial charge in [0.05, 0.1) is 5.69 Å². The molecule has 26 heavy (non-hydrogen) atoms. The van der Waals surface area contributed by atoms with Gasteiger partial charge in [0, 0.05) is 5.56 Å². The molecular weight excluding hydrogens is 355 g/mol. The molecule has 0 spiro atoms. The van der Waals surface area contributed by atoms with E-state index in [0.717, 1.165) is 11.3 Å². The van der Waals surface area contributed by atoms with E-state index in [9.17, 15) is 19.1 Å². The van der Waals surface area contributed by atoms with E-state index in [1.165, 1.54) is 12.1 Å². The standard InChI is InChI=1S/C19H15FN2O3S/c1-11-16(26-18(21-11)13-8-5-9-14(20)10-13)17(23)22-15(19(24)25)12-6-3-2-4-7-12/h2-10,15H,1H3,(H,22,23)(H,24,25)/t15-/m1/s1. The predicted octanol–water partition coefficient (Wildman–Crippen LogP) is 3.81. The molecule has 0 saturated heterocycles. The van der Waals surface area contributed by atoms with Crippen molar-refractivity contribution in [3.63, 3.8) is 0 Å². The van der Waals surface area contributed by atoms with Crippen LogP contribution in [0.15, 0.2) is 54.6 Å². The molecule has 2 N–H and O–H groups in total. The van der Waals surface area contributed by atoms with Crippen LogP contribution < -0.4 is 5.32 Å². The summed E-state index contributed by atoms with van der Waals surface area (Å²) in [6.45, 7) is 1.66. The second kappa shape index (κ2) is 7.45. The zero-order valence-corrected chi connectivity index (χ0v) is 14.6. The van der Waals surface area contributed by atoms with E-state index in [1.807, 2.05) is 0 Å². The molecule has 0 fully saturated rings. The van der Waals surface area contributed by atoms with Crippen LogP contribution in [0.5, 0.6) is 0 Å².